The molecule has 2 rings (SSSR count). The molecule has 1 fully saturated rings. The first-order chi connectivity index (χ1) is 7.20. The maximum atomic E-state index is 11.9. The SMILES string of the molecule is CN(C(=O)C(N)c1ccccc1)C1CC1. The van der Waals surface area contributed by atoms with Gasteiger partial charge < -0.3 is 10.6 Å². The molecule has 3 nitrogen and oxygen atoms in total. The van der Waals surface area contributed by atoms with Crippen molar-refractivity contribution in [3.8, 4) is 0 Å². The van der Waals surface area contributed by atoms with Crippen LogP contribution < -0.4 is 5.73 Å². The molecule has 1 saturated carbocycles. The minimum atomic E-state index is -0.517. The van der Waals surface area contributed by atoms with Gasteiger partial charge in [0.1, 0.15) is 6.04 Å². The summed E-state index contributed by atoms with van der Waals surface area (Å²) < 4.78 is 0. The van der Waals surface area contributed by atoms with E-state index >= 15 is 0 Å². The Morgan fingerprint density at radius 3 is 2.53 bits per heavy atom. The first-order valence-electron chi connectivity index (χ1n) is 5.27. The zero-order valence-electron chi connectivity index (χ0n) is 8.89. The highest BCUT2D eigenvalue weighted by atomic mass is 16.2. The summed E-state index contributed by atoms with van der Waals surface area (Å²) >= 11 is 0. The number of hydrogen-bond acceptors (Lipinski definition) is 2. The lowest BCUT2D eigenvalue weighted by molar-refractivity contribution is -0.131. The molecule has 15 heavy (non-hydrogen) atoms. The van der Waals surface area contributed by atoms with Crippen LogP contribution in [0.4, 0.5) is 0 Å². The van der Waals surface area contributed by atoms with Gasteiger partial charge in [-0.1, -0.05) is 30.3 Å². The summed E-state index contributed by atoms with van der Waals surface area (Å²) in [6.07, 6.45) is 2.23. The molecule has 1 atom stereocenters. The van der Waals surface area contributed by atoms with Crippen molar-refractivity contribution in [1.82, 2.24) is 4.90 Å². The van der Waals surface area contributed by atoms with Crippen LogP contribution in [-0.2, 0) is 4.79 Å². The molecular formula is C12H16N2O. The molecule has 1 amide bonds. The molecule has 2 N–H and O–H groups in total. The lowest BCUT2D eigenvalue weighted by atomic mass is 10.1. The summed E-state index contributed by atoms with van der Waals surface area (Å²) in [5.74, 6) is 0.0173. The van der Waals surface area contributed by atoms with Crippen molar-refractivity contribution in [2.45, 2.75) is 24.9 Å². The fourth-order valence-corrected chi connectivity index (χ4v) is 1.66. The highest BCUT2D eigenvalue weighted by Gasteiger charge is 2.32. The first-order valence-corrected chi connectivity index (χ1v) is 5.27. The van der Waals surface area contributed by atoms with E-state index in [1.54, 1.807) is 4.90 Å². The average molecular weight is 204 g/mol. The van der Waals surface area contributed by atoms with E-state index in [-0.39, 0.29) is 5.91 Å². The molecule has 1 aromatic rings. The van der Waals surface area contributed by atoms with Gasteiger partial charge in [-0.15, -0.1) is 0 Å². The number of benzene rings is 1. The van der Waals surface area contributed by atoms with E-state index in [2.05, 4.69) is 0 Å². The van der Waals surface area contributed by atoms with Crippen molar-refractivity contribution >= 4 is 5.91 Å². The Morgan fingerprint density at radius 1 is 1.40 bits per heavy atom. The second-order valence-corrected chi connectivity index (χ2v) is 4.07. The largest absolute Gasteiger partial charge is 0.341 e. The van der Waals surface area contributed by atoms with Gasteiger partial charge in [-0.25, -0.2) is 0 Å². The van der Waals surface area contributed by atoms with E-state index < -0.39 is 6.04 Å². The van der Waals surface area contributed by atoms with Crippen molar-refractivity contribution in [3.63, 3.8) is 0 Å². The van der Waals surface area contributed by atoms with E-state index in [1.165, 1.54) is 0 Å². The molecule has 1 aliphatic rings. The third kappa shape index (κ3) is 2.18. The fraction of sp³-hybridized carbons (Fsp3) is 0.417. The molecular weight excluding hydrogens is 188 g/mol. The maximum Gasteiger partial charge on any atom is 0.244 e. The van der Waals surface area contributed by atoms with Crippen LogP contribution in [-0.4, -0.2) is 23.9 Å². The van der Waals surface area contributed by atoms with Crippen LogP contribution >= 0.6 is 0 Å². The maximum absolute atomic E-state index is 11.9. The quantitative estimate of drug-likeness (QED) is 0.806. The van der Waals surface area contributed by atoms with E-state index in [9.17, 15) is 4.79 Å². The number of amides is 1. The van der Waals surface area contributed by atoms with E-state index in [1.807, 2.05) is 37.4 Å². The van der Waals surface area contributed by atoms with Crippen molar-refractivity contribution in [2.24, 2.45) is 5.73 Å². The predicted molar refractivity (Wildman–Crippen MR) is 59.2 cm³/mol. The smallest absolute Gasteiger partial charge is 0.244 e. The van der Waals surface area contributed by atoms with Crippen LogP contribution in [0.15, 0.2) is 30.3 Å². The molecule has 0 aromatic heterocycles. The highest BCUT2D eigenvalue weighted by Crippen LogP contribution is 2.27. The minimum Gasteiger partial charge on any atom is -0.341 e. The van der Waals surface area contributed by atoms with Gasteiger partial charge in [0.05, 0.1) is 0 Å². The van der Waals surface area contributed by atoms with Gasteiger partial charge in [-0.2, -0.15) is 0 Å². The van der Waals surface area contributed by atoms with E-state index in [0.29, 0.717) is 6.04 Å². The van der Waals surface area contributed by atoms with Gasteiger partial charge in [0.2, 0.25) is 5.91 Å². The summed E-state index contributed by atoms with van der Waals surface area (Å²) in [4.78, 5) is 13.7. The number of rotatable bonds is 3. The Balaban J connectivity index is 2.07. The van der Waals surface area contributed by atoms with Gasteiger partial charge in [0.25, 0.3) is 0 Å². The monoisotopic (exact) mass is 204 g/mol. The number of carbonyl (C=O) groups is 1. The third-order valence-electron chi connectivity index (χ3n) is 2.87. The summed E-state index contributed by atoms with van der Waals surface area (Å²) in [6, 6.07) is 9.42. The summed E-state index contributed by atoms with van der Waals surface area (Å²) in [7, 11) is 1.84. The van der Waals surface area contributed by atoms with Gasteiger partial charge in [-0.3, -0.25) is 4.79 Å². The van der Waals surface area contributed by atoms with Crippen LogP contribution in [0.1, 0.15) is 24.4 Å². The Kier molecular flexibility index (Phi) is 2.73. The van der Waals surface area contributed by atoms with Crippen LogP contribution in [0, 0.1) is 0 Å². The molecule has 0 radical (unpaired) electrons. The van der Waals surface area contributed by atoms with E-state index in [4.69, 9.17) is 5.73 Å². The van der Waals surface area contributed by atoms with Crippen LogP contribution in [0.3, 0.4) is 0 Å². The molecule has 0 bridgehead atoms. The number of hydrogen-bond donors (Lipinski definition) is 1. The zero-order valence-corrected chi connectivity index (χ0v) is 8.89. The van der Waals surface area contributed by atoms with Gasteiger partial charge in [0.15, 0.2) is 0 Å². The van der Waals surface area contributed by atoms with Crippen molar-refractivity contribution in [2.75, 3.05) is 7.05 Å². The predicted octanol–water partition coefficient (Wildman–Crippen LogP) is 1.31. The lowest BCUT2D eigenvalue weighted by Gasteiger charge is -2.21. The Labute approximate surface area is 89.9 Å². The topological polar surface area (TPSA) is 46.3 Å². The summed E-state index contributed by atoms with van der Waals surface area (Å²) in [5.41, 5.74) is 6.80. The number of nitrogens with zero attached hydrogens (tertiary/aromatic N) is 1. The average Bonchev–Trinajstić information content (AvgIpc) is 3.11. The third-order valence-corrected chi connectivity index (χ3v) is 2.87. The van der Waals surface area contributed by atoms with Crippen LogP contribution in [0.25, 0.3) is 0 Å². The molecule has 0 spiro atoms. The minimum absolute atomic E-state index is 0.0173. The molecule has 3 heteroatoms. The van der Waals surface area contributed by atoms with Crippen LogP contribution in [0.5, 0.6) is 0 Å². The summed E-state index contributed by atoms with van der Waals surface area (Å²) in [6.45, 7) is 0. The zero-order chi connectivity index (χ0) is 10.8. The molecule has 80 valence electrons. The Bertz CT molecular complexity index is 346. The second kappa shape index (κ2) is 4.03. The number of likely N-dealkylation sites (N-methyl/N-ethyl adjacent to an activating group) is 1. The van der Waals surface area contributed by atoms with Gasteiger partial charge >= 0.3 is 0 Å². The molecule has 0 saturated heterocycles. The molecule has 0 aliphatic heterocycles. The molecule has 1 aromatic carbocycles. The van der Waals surface area contributed by atoms with Crippen molar-refractivity contribution in [3.05, 3.63) is 35.9 Å². The second-order valence-electron chi connectivity index (χ2n) is 4.07. The Hall–Kier alpha value is -1.35. The van der Waals surface area contributed by atoms with Crippen LogP contribution in [0.2, 0.25) is 0 Å². The number of carbonyl (C=O) groups excluding carboxylic acids is 1. The standard InChI is InChI=1S/C12H16N2O/c1-14(10-7-8-10)12(15)11(13)9-5-3-2-4-6-9/h2-6,10-11H,7-8,13H2,1H3. The number of nitrogens with two attached hydrogens (primary N) is 1. The van der Waals surface area contributed by atoms with Crippen molar-refractivity contribution in [1.29, 1.82) is 0 Å². The van der Waals surface area contributed by atoms with Crippen molar-refractivity contribution < 1.29 is 4.79 Å². The molecule has 1 aliphatic carbocycles. The van der Waals surface area contributed by atoms with E-state index in [0.717, 1.165) is 18.4 Å². The lowest BCUT2D eigenvalue weighted by Crippen LogP contribution is -2.37. The Morgan fingerprint density at radius 2 is 2.00 bits per heavy atom. The molecule has 1 unspecified atom stereocenters. The normalized spacial score (nSPS) is 17.2. The molecule has 0 heterocycles. The first kappa shape index (κ1) is 10.2. The van der Waals surface area contributed by atoms with Gasteiger partial charge in [0, 0.05) is 13.1 Å². The fourth-order valence-electron chi connectivity index (χ4n) is 1.66. The summed E-state index contributed by atoms with van der Waals surface area (Å²) in [5, 5.41) is 0. The van der Waals surface area contributed by atoms with Gasteiger partial charge in [-0.05, 0) is 18.4 Å². The highest BCUT2D eigenvalue weighted by molar-refractivity contribution is 5.83.